The van der Waals surface area contributed by atoms with Gasteiger partial charge in [0.15, 0.2) is 0 Å². The number of amides is 1. The van der Waals surface area contributed by atoms with Crippen LogP contribution < -0.4 is 5.73 Å². The highest BCUT2D eigenvalue weighted by Crippen LogP contribution is 2.26. The molecule has 0 aliphatic heterocycles. The number of carbonyl (C=O) groups excluding carboxylic acids is 1. The topological polar surface area (TPSA) is 46.3 Å². The maximum Gasteiger partial charge on any atom is 0.239 e. The summed E-state index contributed by atoms with van der Waals surface area (Å²) in [6, 6.07) is -0.310. The van der Waals surface area contributed by atoms with Gasteiger partial charge < -0.3 is 10.6 Å². The van der Waals surface area contributed by atoms with Crippen LogP contribution in [0.15, 0.2) is 0 Å². The number of halogens is 1. The van der Waals surface area contributed by atoms with Gasteiger partial charge in [-0.1, -0.05) is 20.3 Å². The standard InChI is InChI=1S/C12H24N2O.ClH/c1-9(2)7-11(13)12(15)14(3)8-10-5-4-6-10;/h9-11H,4-8,13H2,1-3H3;1H/t11-;/m0./s1. The second-order valence-electron chi connectivity index (χ2n) is 5.25. The molecule has 1 rings (SSSR count). The average Bonchev–Trinajstić information content (AvgIpc) is 2.08. The number of rotatable bonds is 5. The largest absolute Gasteiger partial charge is 0.344 e. The first-order valence-corrected chi connectivity index (χ1v) is 6.01. The van der Waals surface area contributed by atoms with Gasteiger partial charge in [0.1, 0.15) is 0 Å². The Kier molecular flexibility index (Phi) is 7.00. The summed E-state index contributed by atoms with van der Waals surface area (Å²) in [4.78, 5) is 13.7. The third-order valence-corrected chi connectivity index (χ3v) is 3.18. The van der Waals surface area contributed by atoms with Crippen LogP contribution >= 0.6 is 12.4 Å². The molecule has 0 unspecified atom stereocenters. The lowest BCUT2D eigenvalue weighted by Gasteiger charge is -2.31. The number of nitrogens with two attached hydrogens (primary N) is 1. The van der Waals surface area contributed by atoms with E-state index in [4.69, 9.17) is 5.73 Å². The smallest absolute Gasteiger partial charge is 0.239 e. The fourth-order valence-electron chi connectivity index (χ4n) is 2.04. The minimum Gasteiger partial charge on any atom is -0.344 e. The maximum absolute atomic E-state index is 11.9. The zero-order valence-corrected chi connectivity index (χ0v) is 11.4. The van der Waals surface area contributed by atoms with Crippen LogP contribution in [0.4, 0.5) is 0 Å². The molecule has 4 heteroatoms. The predicted molar refractivity (Wildman–Crippen MR) is 69.7 cm³/mol. The molecule has 0 aromatic rings. The molecule has 96 valence electrons. The molecule has 0 radical (unpaired) electrons. The lowest BCUT2D eigenvalue weighted by Crippen LogP contribution is -2.44. The number of hydrogen-bond donors (Lipinski definition) is 1. The normalized spacial score (nSPS) is 17.6. The van der Waals surface area contributed by atoms with Gasteiger partial charge in [-0.2, -0.15) is 0 Å². The average molecular weight is 249 g/mol. The SMILES string of the molecule is CC(C)C[C@H](N)C(=O)N(C)CC1CCC1.Cl. The fourth-order valence-corrected chi connectivity index (χ4v) is 2.04. The third-order valence-electron chi connectivity index (χ3n) is 3.18. The van der Waals surface area contributed by atoms with E-state index in [1.807, 2.05) is 11.9 Å². The molecule has 2 N–H and O–H groups in total. The van der Waals surface area contributed by atoms with Gasteiger partial charge in [0.05, 0.1) is 6.04 Å². The molecule has 0 saturated heterocycles. The summed E-state index contributed by atoms with van der Waals surface area (Å²) >= 11 is 0. The van der Waals surface area contributed by atoms with Gasteiger partial charge in [0.25, 0.3) is 0 Å². The van der Waals surface area contributed by atoms with E-state index in [2.05, 4.69) is 13.8 Å². The van der Waals surface area contributed by atoms with Crippen molar-refractivity contribution in [2.45, 2.75) is 45.6 Å². The highest BCUT2D eigenvalue weighted by Gasteiger charge is 2.24. The van der Waals surface area contributed by atoms with Crippen LogP contribution in [0.3, 0.4) is 0 Å². The molecule has 0 bridgehead atoms. The Morgan fingerprint density at radius 1 is 1.44 bits per heavy atom. The Hall–Kier alpha value is -0.280. The molecular formula is C12H25ClN2O. The van der Waals surface area contributed by atoms with Crippen LogP contribution in [-0.4, -0.2) is 30.4 Å². The summed E-state index contributed by atoms with van der Waals surface area (Å²) < 4.78 is 0. The number of carbonyl (C=O) groups is 1. The minimum atomic E-state index is -0.310. The highest BCUT2D eigenvalue weighted by atomic mass is 35.5. The molecule has 0 aromatic heterocycles. The monoisotopic (exact) mass is 248 g/mol. The van der Waals surface area contributed by atoms with E-state index in [0.717, 1.165) is 18.9 Å². The number of likely N-dealkylation sites (N-methyl/N-ethyl adjacent to an activating group) is 1. The van der Waals surface area contributed by atoms with Crippen molar-refractivity contribution in [1.82, 2.24) is 4.90 Å². The lowest BCUT2D eigenvalue weighted by atomic mass is 9.85. The fraction of sp³-hybridized carbons (Fsp3) is 0.917. The van der Waals surface area contributed by atoms with Crippen molar-refractivity contribution in [3.63, 3.8) is 0 Å². The van der Waals surface area contributed by atoms with Gasteiger partial charge in [0, 0.05) is 13.6 Å². The second-order valence-corrected chi connectivity index (χ2v) is 5.25. The number of hydrogen-bond acceptors (Lipinski definition) is 2. The summed E-state index contributed by atoms with van der Waals surface area (Å²) in [5.74, 6) is 1.32. The van der Waals surface area contributed by atoms with Crippen LogP contribution in [0, 0.1) is 11.8 Å². The van der Waals surface area contributed by atoms with E-state index < -0.39 is 0 Å². The van der Waals surface area contributed by atoms with Gasteiger partial charge in [0.2, 0.25) is 5.91 Å². The molecule has 3 nitrogen and oxygen atoms in total. The van der Waals surface area contributed by atoms with Crippen LogP contribution in [0.5, 0.6) is 0 Å². The van der Waals surface area contributed by atoms with Gasteiger partial charge >= 0.3 is 0 Å². The third kappa shape index (κ3) is 4.71. The van der Waals surface area contributed by atoms with Crippen LogP contribution in [0.25, 0.3) is 0 Å². The van der Waals surface area contributed by atoms with E-state index in [-0.39, 0.29) is 24.4 Å². The maximum atomic E-state index is 11.9. The van der Waals surface area contributed by atoms with Crippen molar-refractivity contribution < 1.29 is 4.79 Å². The molecule has 1 aliphatic rings. The quantitative estimate of drug-likeness (QED) is 0.810. The minimum absolute atomic E-state index is 0. The van der Waals surface area contributed by atoms with E-state index in [0.29, 0.717) is 5.92 Å². The van der Waals surface area contributed by atoms with Crippen molar-refractivity contribution in [3.8, 4) is 0 Å². The summed E-state index contributed by atoms with van der Waals surface area (Å²) in [7, 11) is 1.88. The molecule has 0 spiro atoms. The Labute approximate surface area is 105 Å². The molecule has 1 saturated carbocycles. The van der Waals surface area contributed by atoms with E-state index in [1.165, 1.54) is 19.3 Å². The molecule has 0 heterocycles. The lowest BCUT2D eigenvalue weighted by molar-refractivity contribution is -0.132. The first-order valence-electron chi connectivity index (χ1n) is 6.01. The zero-order chi connectivity index (χ0) is 11.4. The summed E-state index contributed by atoms with van der Waals surface area (Å²) in [6.07, 6.45) is 4.66. The second kappa shape index (κ2) is 7.13. The van der Waals surface area contributed by atoms with E-state index in [9.17, 15) is 4.79 Å². The molecule has 1 aliphatic carbocycles. The van der Waals surface area contributed by atoms with Crippen molar-refractivity contribution in [1.29, 1.82) is 0 Å². The van der Waals surface area contributed by atoms with Gasteiger partial charge in [-0.3, -0.25) is 4.79 Å². The Morgan fingerprint density at radius 2 is 2.00 bits per heavy atom. The summed E-state index contributed by atoms with van der Waals surface area (Å²) in [5, 5.41) is 0. The van der Waals surface area contributed by atoms with Crippen molar-refractivity contribution in [2.75, 3.05) is 13.6 Å². The predicted octanol–water partition coefficient (Wildman–Crippen LogP) is 2.04. The first kappa shape index (κ1) is 15.7. The number of nitrogens with zero attached hydrogens (tertiary/aromatic N) is 1. The van der Waals surface area contributed by atoms with Crippen molar-refractivity contribution >= 4 is 18.3 Å². The zero-order valence-electron chi connectivity index (χ0n) is 10.6. The van der Waals surface area contributed by atoms with Gasteiger partial charge in [-0.15, -0.1) is 12.4 Å². The molecule has 1 fully saturated rings. The molecular weight excluding hydrogens is 224 g/mol. The van der Waals surface area contributed by atoms with Crippen LogP contribution in [0.2, 0.25) is 0 Å². The summed E-state index contributed by atoms with van der Waals surface area (Å²) in [5.41, 5.74) is 5.86. The molecule has 1 amide bonds. The highest BCUT2D eigenvalue weighted by molar-refractivity contribution is 5.85. The van der Waals surface area contributed by atoms with E-state index in [1.54, 1.807) is 0 Å². The summed E-state index contributed by atoms with van der Waals surface area (Å²) in [6.45, 7) is 5.09. The molecule has 16 heavy (non-hydrogen) atoms. The van der Waals surface area contributed by atoms with Crippen LogP contribution in [-0.2, 0) is 4.79 Å². The van der Waals surface area contributed by atoms with Crippen LogP contribution in [0.1, 0.15) is 39.5 Å². The van der Waals surface area contributed by atoms with E-state index >= 15 is 0 Å². The Balaban J connectivity index is 0.00000225. The van der Waals surface area contributed by atoms with Gasteiger partial charge in [-0.25, -0.2) is 0 Å². The Bertz CT molecular complexity index is 217. The molecule has 1 atom stereocenters. The molecule has 0 aromatic carbocycles. The van der Waals surface area contributed by atoms with Gasteiger partial charge in [-0.05, 0) is 31.1 Å². The first-order chi connectivity index (χ1) is 7.00. The Morgan fingerprint density at radius 3 is 2.38 bits per heavy atom. The van der Waals surface area contributed by atoms with Crippen molar-refractivity contribution in [2.24, 2.45) is 17.6 Å². The van der Waals surface area contributed by atoms with Crippen molar-refractivity contribution in [3.05, 3.63) is 0 Å².